The number of rotatable bonds is 8. The van der Waals surface area contributed by atoms with Crippen molar-refractivity contribution in [1.29, 1.82) is 0 Å². The molecule has 172 valence electrons. The van der Waals surface area contributed by atoms with Gasteiger partial charge in [-0.25, -0.2) is 0 Å². The summed E-state index contributed by atoms with van der Waals surface area (Å²) >= 11 is 0. The van der Waals surface area contributed by atoms with Gasteiger partial charge < -0.3 is 15.0 Å². The van der Waals surface area contributed by atoms with Gasteiger partial charge in [0.2, 0.25) is 0 Å². The number of carbonyl (C=O) groups is 1. The fourth-order valence-corrected chi connectivity index (χ4v) is 4.36. The van der Waals surface area contributed by atoms with Gasteiger partial charge in [0.1, 0.15) is 5.75 Å². The summed E-state index contributed by atoms with van der Waals surface area (Å²) in [5.74, 6) is 0.640. The second-order valence-electron chi connectivity index (χ2n) is 8.85. The third kappa shape index (κ3) is 5.74. The number of fused-ring (bicyclic) bond motifs is 1. The molecule has 0 aliphatic carbocycles. The molecule has 1 heterocycles. The molecule has 4 rings (SSSR count). The van der Waals surface area contributed by atoms with Gasteiger partial charge in [0.05, 0.1) is 6.04 Å². The molecular weight excluding hydrogens is 410 g/mol. The quantitative estimate of drug-likeness (QED) is 0.562. The zero-order valence-corrected chi connectivity index (χ0v) is 19.8. The summed E-state index contributed by atoms with van der Waals surface area (Å²) in [6.45, 7) is 4.38. The van der Waals surface area contributed by atoms with Crippen molar-refractivity contribution in [2.75, 3.05) is 38.7 Å². The Morgan fingerprint density at radius 1 is 1.00 bits per heavy atom. The molecule has 0 unspecified atom stereocenters. The number of hydrogen-bond acceptors (Lipinski definition) is 4. The fraction of sp³-hybridized carbons (Fsp3) is 0.321. The summed E-state index contributed by atoms with van der Waals surface area (Å²) in [5.41, 5.74) is 6.19. The number of anilines is 1. The van der Waals surface area contributed by atoms with Crippen LogP contribution in [-0.4, -0.2) is 44.6 Å². The second kappa shape index (κ2) is 10.5. The Bertz CT molecular complexity index is 1080. The molecule has 5 heteroatoms. The first-order valence-electron chi connectivity index (χ1n) is 11.5. The third-order valence-electron chi connectivity index (χ3n) is 6.34. The van der Waals surface area contributed by atoms with E-state index < -0.39 is 0 Å². The molecule has 1 aliphatic rings. The van der Waals surface area contributed by atoms with E-state index in [0.717, 1.165) is 36.5 Å². The van der Waals surface area contributed by atoms with E-state index in [-0.39, 0.29) is 18.6 Å². The summed E-state index contributed by atoms with van der Waals surface area (Å²) in [5, 5.41) is 3.11. The second-order valence-corrected chi connectivity index (χ2v) is 8.85. The van der Waals surface area contributed by atoms with Crippen LogP contribution in [-0.2, 0) is 17.8 Å². The molecule has 33 heavy (non-hydrogen) atoms. The van der Waals surface area contributed by atoms with Crippen LogP contribution < -0.4 is 15.0 Å². The normalized spacial score (nSPS) is 14.3. The van der Waals surface area contributed by atoms with E-state index in [9.17, 15) is 4.79 Å². The van der Waals surface area contributed by atoms with Crippen molar-refractivity contribution >= 4 is 11.6 Å². The molecule has 0 saturated heterocycles. The Balaban J connectivity index is 1.46. The number of nitrogens with one attached hydrogen (secondary N) is 1. The Kier molecular flexibility index (Phi) is 7.30. The standard InChI is InChI=1S/C28H33N3O2/c1-21-8-4-7-11-27(21)33-20-28(32)29-18-26(23-12-14-25(15-13-23)30(2)3)31-17-16-22-9-5-6-10-24(22)19-31/h4-15,26H,16-20H2,1-3H3,(H,29,32)/t26-/m0/s1. The van der Waals surface area contributed by atoms with Crippen LogP contribution in [0.1, 0.15) is 28.3 Å². The van der Waals surface area contributed by atoms with E-state index in [2.05, 4.69) is 63.6 Å². The molecule has 1 atom stereocenters. The number of aryl methyl sites for hydroxylation is 1. The molecule has 5 nitrogen and oxygen atoms in total. The van der Waals surface area contributed by atoms with Gasteiger partial charge in [0.15, 0.2) is 6.61 Å². The van der Waals surface area contributed by atoms with Gasteiger partial charge in [0, 0.05) is 39.4 Å². The molecule has 1 amide bonds. The molecule has 0 saturated carbocycles. The SMILES string of the molecule is Cc1ccccc1OCC(=O)NC[C@@H](c1ccc(N(C)C)cc1)N1CCc2ccccc2C1. The summed E-state index contributed by atoms with van der Waals surface area (Å²) in [6, 6.07) is 25.1. The number of ether oxygens (including phenoxy) is 1. The highest BCUT2D eigenvalue weighted by Crippen LogP contribution is 2.28. The smallest absolute Gasteiger partial charge is 0.258 e. The Hall–Kier alpha value is -3.31. The van der Waals surface area contributed by atoms with Crippen LogP contribution in [0.3, 0.4) is 0 Å². The minimum Gasteiger partial charge on any atom is -0.484 e. The van der Waals surface area contributed by atoms with Crippen LogP contribution in [0.2, 0.25) is 0 Å². The van der Waals surface area contributed by atoms with Gasteiger partial charge in [0.25, 0.3) is 5.91 Å². The van der Waals surface area contributed by atoms with Gasteiger partial charge in [-0.1, -0.05) is 54.6 Å². The molecule has 0 radical (unpaired) electrons. The maximum atomic E-state index is 12.6. The Morgan fingerprint density at radius 3 is 2.42 bits per heavy atom. The van der Waals surface area contributed by atoms with Crippen molar-refractivity contribution in [2.24, 2.45) is 0 Å². The van der Waals surface area contributed by atoms with Crippen LogP contribution in [0.25, 0.3) is 0 Å². The number of benzene rings is 3. The molecular formula is C28H33N3O2. The predicted octanol–water partition coefficient (Wildman–Crippen LogP) is 4.36. The van der Waals surface area contributed by atoms with Crippen molar-refractivity contribution in [3.63, 3.8) is 0 Å². The van der Waals surface area contributed by atoms with E-state index in [1.54, 1.807) is 0 Å². The van der Waals surface area contributed by atoms with E-state index in [1.807, 2.05) is 45.3 Å². The number of amides is 1. The molecule has 1 aliphatic heterocycles. The number of hydrogen-bond donors (Lipinski definition) is 1. The molecule has 3 aromatic carbocycles. The van der Waals surface area contributed by atoms with Crippen LogP contribution in [0.15, 0.2) is 72.8 Å². The van der Waals surface area contributed by atoms with E-state index in [1.165, 1.54) is 16.7 Å². The molecule has 0 bridgehead atoms. The van der Waals surface area contributed by atoms with Crippen molar-refractivity contribution in [3.05, 3.63) is 95.1 Å². The lowest BCUT2D eigenvalue weighted by Gasteiger charge is -2.36. The zero-order chi connectivity index (χ0) is 23.2. The largest absolute Gasteiger partial charge is 0.484 e. The highest BCUT2D eigenvalue weighted by atomic mass is 16.5. The predicted molar refractivity (Wildman–Crippen MR) is 134 cm³/mol. The summed E-state index contributed by atoms with van der Waals surface area (Å²) in [4.78, 5) is 17.2. The third-order valence-corrected chi connectivity index (χ3v) is 6.34. The van der Waals surface area contributed by atoms with Crippen molar-refractivity contribution in [1.82, 2.24) is 10.2 Å². The lowest BCUT2D eigenvalue weighted by molar-refractivity contribution is -0.123. The van der Waals surface area contributed by atoms with E-state index in [4.69, 9.17) is 4.74 Å². The van der Waals surface area contributed by atoms with Crippen molar-refractivity contribution < 1.29 is 9.53 Å². The lowest BCUT2D eigenvalue weighted by Crippen LogP contribution is -2.41. The van der Waals surface area contributed by atoms with Gasteiger partial charge in [-0.2, -0.15) is 0 Å². The molecule has 3 aromatic rings. The first kappa shape index (κ1) is 22.9. The molecule has 0 spiro atoms. The maximum Gasteiger partial charge on any atom is 0.258 e. The topological polar surface area (TPSA) is 44.8 Å². The zero-order valence-electron chi connectivity index (χ0n) is 19.8. The average Bonchev–Trinajstić information content (AvgIpc) is 2.84. The minimum atomic E-state index is -0.106. The Labute approximate surface area is 197 Å². The molecule has 0 aromatic heterocycles. The van der Waals surface area contributed by atoms with Gasteiger partial charge in [-0.15, -0.1) is 0 Å². The highest BCUT2D eigenvalue weighted by molar-refractivity contribution is 5.77. The fourth-order valence-electron chi connectivity index (χ4n) is 4.36. The van der Waals surface area contributed by atoms with Crippen LogP contribution >= 0.6 is 0 Å². The Morgan fingerprint density at radius 2 is 1.70 bits per heavy atom. The highest BCUT2D eigenvalue weighted by Gasteiger charge is 2.25. The van der Waals surface area contributed by atoms with Gasteiger partial charge in [-0.05, 0) is 53.8 Å². The monoisotopic (exact) mass is 443 g/mol. The van der Waals surface area contributed by atoms with Crippen molar-refractivity contribution in [3.8, 4) is 5.75 Å². The lowest BCUT2D eigenvalue weighted by atomic mass is 9.96. The number of carbonyl (C=O) groups excluding carboxylic acids is 1. The van der Waals surface area contributed by atoms with Crippen LogP contribution in [0.5, 0.6) is 5.75 Å². The first-order chi connectivity index (χ1) is 16.0. The first-order valence-corrected chi connectivity index (χ1v) is 11.5. The van der Waals surface area contributed by atoms with Crippen molar-refractivity contribution in [2.45, 2.75) is 25.9 Å². The van der Waals surface area contributed by atoms with Gasteiger partial charge in [-0.3, -0.25) is 9.69 Å². The summed E-state index contributed by atoms with van der Waals surface area (Å²) in [7, 11) is 4.09. The summed E-state index contributed by atoms with van der Waals surface area (Å²) in [6.07, 6.45) is 1.02. The summed E-state index contributed by atoms with van der Waals surface area (Å²) < 4.78 is 5.74. The molecule has 0 fully saturated rings. The van der Waals surface area contributed by atoms with Gasteiger partial charge >= 0.3 is 0 Å². The number of para-hydroxylation sites is 1. The molecule has 1 N–H and O–H groups in total. The average molecular weight is 444 g/mol. The van der Waals surface area contributed by atoms with E-state index >= 15 is 0 Å². The van der Waals surface area contributed by atoms with E-state index in [0.29, 0.717) is 6.54 Å². The van der Waals surface area contributed by atoms with Crippen LogP contribution in [0, 0.1) is 6.92 Å². The maximum absolute atomic E-state index is 12.6. The van der Waals surface area contributed by atoms with Crippen LogP contribution in [0.4, 0.5) is 5.69 Å². The number of nitrogens with zero attached hydrogens (tertiary/aromatic N) is 2. The minimum absolute atomic E-state index is 0.0139.